The third kappa shape index (κ3) is 4.32. The molecule has 1 heterocycles. The van der Waals surface area contributed by atoms with Gasteiger partial charge in [-0.1, -0.05) is 24.3 Å². The first-order chi connectivity index (χ1) is 16.3. The molecule has 7 heteroatoms. The van der Waals surface area contributed by atoms with Gasteiger partial charge in [0.1, 0.15) is 17.2 Å². The first-order valence-electron chi connectivity index (χ1n) is 10.8. The maximum Gasteiger partial charge on any atom is 0.309 e. The van der Waals surface area contributed by atoms with Crippen LogP contribution in [0.2, 0.25) is 0 Å². The van der Waals surface area contributed by atoms with Gasteiger partial charge in [-0.2, -0.15) is 9.78 Å². The first-order valence-corrected chi connectivity index (χ1v) is 10.8. The highest BCUT2D eigenvalue weighted by Crippen LogP contribution is 2.44. The Morgan fingerprint density at radius 2 is 1.68 bits per heavy atom. The van der Waals surface area contributed by atoms with Gasteiger partial charge >= 0.3 is 5.97 Å². The van der Waals surface area contributed by atoms with Crippen LogP contribution < -0.4 is 19.9 Å². The lowest BCUT2D eigenvalue weighted by atomic mass is 10.00. The normalized spacial score (nSPS) is 10.7. The van der Waals surface area contributed by atoms with Crippen LogP contribution in [0.3, 0.4) is 0 Å². The number of nitrogen functional groups attached to an aromatic ring is 1. The molecule has 174 valence electrons. The third-order valence-corrected chi connectivity index (χ3v) is 5.54. The molecule has 2 N–H and O–H groups in total. The Kier molecular flexibility index (Phi) is 6.27. The van der Waals surface area contributed by atoms with E-state index >= 15 is 0 Å². The third-order valence-electron chi connectivity index (χ3n) is 5.54. The molecule has 34 heavy (non-hydrogen) atoms. The summed E-state index contributed by atoms with van der Waals surface area (Å²) in [6, 6.07) is 18.9. The second-order valence-electron chi connectivity index (χ2n) is 8.01. The fourth-order valence-corrected chi connectivity index (χ4v) is 3.84. The van der Waals surface area contributed by atoms with Crippen molar-refractivity contribution in [1.82, 2.24) is 9.78 Å². The van der Waals surface area contributed by atoms with Crippen molar-refractivity contribution in [2.75, 3.05) is 20.0 Å². The van der Waals surface area contributed by atoms with E-state index in [2.05, 4.69) is 0 Å². The van der Waals surface area contributed by atoms with Gasteiger partial charge in [0.2, 0.25) is 5.88 Å². The number of rotatable bonds is 6. The van der Waals surface area contributed by atoms with Gasteiger partial charge in [0.15, 0.2) is 0 Å². The summed E-state index contributed by atoms with van der Waals surface area (Å²) in [4.78, 5) is 12.2. The van der Waals surface area contributed by atoms with Crippen molar-refractivity contribution >= 4 is 11.7 Å². The minimum Gasteiger partial charge on any atom is -0.497 e. The van der Waals surface area contributed by atoms with Crippen molar-refractivity contribution in [2.24, 2.45) is 0 Å². The highest BCUT2D eigenvalue weighted by molar-refractivity contribution is 5.89. The van der Waals surface area contributed by atoms with Gasteiger partial charge in [0, 0.05) is 24.2 Å². The molecule has 0 radical (unpaired) electrons. The van der Waals surface area contributed by atoms with Crippen molar-refractivity contribution in [3.05, 3.63) is 71.8 Å². The molecular formula is C27H27N3O4. The van der Waals surface area contributed by atoms with E-state index < -0.39 is 5.97 Å². The molecule has 4 rings (SSSR count). The predicted octanol–water partition coefficient (Wildman–Crippen LogP) is 5.35. The van der Waals surface area contributed by atoms with Crippen LogP contribution in [0.5, 0.6) is 17.4 Å². The fraction of sp³-hybridized carbons (Fsp3) is 0.185. The Morgan fingerprint density at radius 1 is 0.941 bits per heavy atom. The van der Waals surface area contributed by atoms with E-state index in [0.29, 0.717) is 34.3 Å². The van der Waals surface area contributed by atoms with E-state index in [1.54, 1.807) is 37.1 Å². The van der Waals surface area contributed by atoms with E-state index in [-0.39, 0.29) is 0 Å². The van der Waals surface area contributed by atoms with E-state index in [1.165, 1.54) is 6.92 Å². The van der Waals surface area contributed by atoms with Gasteiger partial charge in [-0.3, -0.25) is 4.79 Å². The Hall–Kier alpha value is -4.26. The van der Waals surface area contributed by atoms with Crippen molar-refractivity contribution in [1.29, 1.82) is 0 Å². The molecule has 3 aromatic carbocycles. The molecular weight excluding hydrogens is 430 g/mol. The zero-order valence-corrected chi connectivity index (χ0v) is 19.9. The van der Waals surface area contributed by atoms with Gasteiger partial charge < -0.3 is 19.9 Å². The Bertz CT molecular complexity index is 1360. The Balaban J connectivity index is 2.10. The van der Waals surface area contributed by atoms with Crippen molar-refractivity contribution < 1.29 is 19.0 Å². The molecule has 0 saturated heterocycles. The van der Waals surface area contributed by atoms with Crippen LogP contribution in [0.4, 0.5) is 5.69 Å². The van der Waals surface area contributed by atoms with Gasteiger partial charge in [-0.05, 0) is 60.9 Å². The average molecular weight is 458 g/mol. The monoisotopic (exact) mass is 457 g/mol. The summed E-state index contributed by atoms with van der Waals surface area (Å²) in [5, 5.41) is 4.96. The summed E-state index contributed by atoms with van der Waals surface area (Å²) >= 11 is 0. The second kappa shape index (κ2) is 9.31. The standard InChI is InChI=1S/C27H27N3O4/c1-16-6-7-17(2)23(14-16)30-27(34-18(3)31)25(19-8-10-20(28)11-9-19)26(29-30)22-13-12-21(32-4)15-24(22)33-5/h6-15H,28H2,1-5H3. The lowest BCUT2D eigenvalue weighted by Crippen LogP contribution is -2.09. The zero-order valence-electron chi connectivity index (χ0n) is 19.9. The Labute approximate surface area is 198 Å². The fourth-order valence-electron chi connectivity index (χ4n) is 3.84. The summed E-state index contributed by atoms with van der Waals surface area (Å²) in [5.74, 6) is 1.11. The first kappa shape index (κ1) is 22.9. The number of hydrogen-bond donors (Lipinski definition) is 1. The smallest absolute Gasteiger partial charge is 0.309 e. The van der Waals surface area contributed by atoms with Crippen LogP contribution in [0.1, 0.15) is 18.1 Å². The lowest BCUT2D eigenvalue weighted by Gasteiger charge is -2.12. The summed E-state index contributed by atoms with van der Waals surface area (Å²) in [5.41, 5.74) is 12.2. The molecule has 0 aliphatic rings. The maximum atomic E-state index is 12.2. The summed E-state index contributed by atoms with van der Waals surface area (Å²) in [7, 11) is 3.19. The second-order valence-corrected chi connectivity index (χ2v) is 8.01. The van der Waals surface area contributed by atoms with Crippen molar-refractivity contribution in [3.63, 3.8) is 0 Å². The van der Waals surface area contributed by atoms with Crippen LogP contribution in [-0.4, -0.2) is 30.0 Å². The predicted molar refractivity (Wildman–Crippen MR) is 133 cm³/mol. The molecule has 0 unspecified atom stereocenters. The van der Waals surface area contributed by atoms with Gasteiger partial charge in [-0.25, -0.2) is 0 Å². The minimum absolute atomic E-state index is 0.318. The molecule has 0 saturated carbocycles. The van der Waals surface area contributed by atoms with Gasteiger partial charge in [-0.15, -0.1) is 0 Å². The van der Waals surface area contributed by atoms with E-state index in [9.17, 15) is 4.79 Å². The molecule has 0 bridgehead atoms. The lowest BCUT2D eigenvalue weighted by molar-refractivity contribution is -0.132. The molecule has 0 amide bonds. The van der Waals surface area contributed by atoms with E-state index in [0.717, 1.165) is 27.9 Å². The van der Waals surface area contributed by atoms with Gasteiger partial charge in [0.05, 0.1) is 25.5 Å². The van der Waals surface area contributed by atoms with Crippen molar-refractivity contribution in [2.45, 2.75) is 20.8 Å². The molecule has 7 nitrogen and oxygen atoms in total. The summed E-state index contributed by atoms with van der Waals surface area (Å²) in [6.45, 7) is 5.37. The number of aryl methyl sites for hydroxylation is 2. The number of hydrogen-bond acceptors (Lipinski definition) is 6. The number of esters is 1. The number of carbonyl (C=O) groups is 1. The molecule has 0 spiro atoms. The molecule has 0 atom stereocenters. The largest absolute Gasteiger partial charge is 0.497 e. The number of nitrogens with zero attached hydrogens (tertiary/aromatic N) is 2. The summed E-state index contributed by atoms with van der Waals surface area (Å²) in [6.07, 6.45) is 0. The number of ether oxygens (including phenoxy) is 3. The number of carbonyl (C=O) groups excluding carboxylic acids is 1. The SMILES string of the molecule is COc1ccc(-c2nn(-c3cc(C)ccc3C)c(OC(C)=O)c2-c2ccc(N)cc2)c(OC)c1. The maximum absolute atomic E-state index is 12.2. The van der Waals surface area contributed by atoms with Crippen LogP contribution >= 0.6 is 0 Å². The van der Waals surface area contributed by atoms with E-state index in [1.807, 2.05) is 56.3 Å². The zero-order chi connectivity index (χ0) is 24.4. The molecule has 0 fully saturated rings. The molecule has 0 aliphatic heterocycles. The van der Waals surface area contributed by atoms with Crippen LogP contribution in [0.15, 0.2) is 60.7 Å². The minimum atomic E-state index is -0.448. The number of benzene rings is 3. The topological polar surface area (TPSA) is 88.6 Å². The quantitative estimate of drug-likeness (QED) is 0.310. The number of anilines is 1. The molecule has 1 aromatic heterocycles. The van der Waals surface area contributed by atoms with Gasteiger partial charge in [0.25, 0.3) is 0 Å². The van der Waals surface area contributed by atoms with Crippen molar-refractivity contribution in [3.8, 4) is 45.5 Å². The van der Waals surface area contributed by atoms with Crippen LogP contribution in [0.25, 0.3) is 28.1 Å². The highest BCUT2D eigenvalue weighted by atomic mass is 16.5. The van der Waals surface area contributed by atoms with Crippen LogP contribution in [0, 0.1) is 13.8 Å². The number of aromatic nitrogens is 2. The molecule has 4 aromatic rings. The number of methoxy groups -OCH3 is 2. The average Bonchev–Trinajstić information content (AvgIpc) is 3.18. The number of nitrogens with two attached hydrogens (primary N) is 1. The summed E-state index contributed by atoms with van der Waals surface area (Å²) < 4.78 is 18.5. The Morgan fingerprint density at radius 3 is 2.32 bits per heavy atom. The molecule has 0 aliphatic carbocycles. The van der Waals surface area contributed by atoms with E-state index in [4.69, 9.17) is 25.0 Å². The van der Waals surface area contributed by atoms with Crippen LogP contribution in [-0.2, 0) is 4.79 Å². The highest BCUT2D eigenvalue weighted by Gasteiger charge is 2.27.